The summed E-state index contributed by atoms with van der Waals surface area (Å²) >= 11 is 0. The number of ether oxygens (including phenoxy) is 2. The second-order valence-corrected chi connectivity index (χ2v) is 4.34. The van der Waals surface area contributed by atoms with Gasteiger partial charge in [-0.2, -0.15) is 0 Å². The van der Waals surface area contributed by atoms with Gasteiger partial charge in [-0.25, -0.2) is 0 Å². The van der Waals surface area contributed by atoms with E-state index in [1.54, 1.807) is 13.4 Å². The molecule has 0 aliphatic rings. The van der Waals surface area contributed by atoms with Gasteiger partial charge in [0.2, 0.25) is 0 Å². The van der Waals surface area contributed by atoms with Gasteiger partial charge in [-0.05, 0) is 25.5 Å². The molecule has 0 fully saturated rings. The summed E-state index contributed by atoms with van der Waals surface area (Å²) in [5.74, 6) is 0.767. The molecule has 0 aromatic carbocycles. The maximum Gasteiger partial charge on any atom is 0.129 e. The lowest BCUT2D eigenvalue weighted by Gasteiger charge is -2.16. The number of nitrogens with one attached hydrogen (secondary N) is 1. The lowest BCUT2D eigenvalue weighted by atomic mass is 10.2. The molecule has 0 saturated heterocycles. The second-order valence-electron chi connectivity index (χ2n) is 4.34. The van der Waals surface area contributed by atoms with Crippen LogP contribution in [0.25, 0.3) is 0 Å². The van der Waals surface area contributed by atoms with Crippen molar-refractivity contribution >= 4 is 0 Å². The molecule has 1 heterocycles. The summed E-state index contributed by atoms with van der Waals surface area (Å²) in [6, 6.07) is 3.98. The zero-order valence-corrected chi connectivity index (χ0v) is 11.1. The number of aliphatic hydroxyl groups excluding tert-OH is 1. The molecule has 0 aliphatic carbocycles. The highest BCUT2D eigenvalue weighted by molar-refractivity contribution is 4.96. The maximum atomic E-state index is 9.70. The van der Waals surface area contributed by atoms with Gasteiger partial charge in [0.05, 0.1) is 19.0 Å². The van der Waals surface area contributed by atoms with E-state index in [1.165, 1.54) is 0 Å². The van der Waals surface area contributed by atoms with Crippen LogP contribution >= 0.6 is 0 Å². The number of furan rings is 1. The van der Waals surface area contributed by atoms with Gasteiger partial charge < -0.3 is 24.3 Å². The van der Waals surface area contributed by atoms with E-state index < -0.39 is 6.10 Å². The Bertz CT molecular complexity index is 289. The Labute approximate surface area is 108 Å². The molecule has 0 amide bonds. The summed E-state index contributed by atoms with van der Waals surface area (Å²) in [5.41, 5.74) is 0. The van der Waals surface area contributed by atoms with E-state index in [0.29, 0.717) is 25.8 Å². The Kier molecular flexibility index (Phi) is 7.68. The summed E-state index contributed by atoms with van der Waals surface area (Å²) in [6.07, 6.45) is 2.02. The molecular weight excluding hydrogens is 234 g/mol. The Morgan fingerprint density at radius 2 is 2.33 bits per heavy atom. The minimum absolute atomic E-state index is 0.296. The van der Waals surface area contributed by atoms with Crippen molar-refractivity contribution in [1.82, 2.24) is 5.32 Å². The molecule has 1 rings (SSSR count). The standard InChI is InChI=1S/C13H23NO4/c1-11(5-7-16-2)14-8-12(15)9-17-10-13-4-3-6-18-13/h3-4,6,11-12,14-15H,5,7-10H2,1-2H3. The van der Waals surface area contributed by atoms with Gasteiger partial charge in [0.15, 0.2) is 0 Å². The molecular formula is C13H23NO4. The molecule has 2 unspecified atom stereocenters. The molecule has 5 heteroatoms. The van der Waals surface area contributed by atoms with Crippen LogP contribution < -0.4 is 5.32 Å². The minimum atomic E-state index is -0.509. The molecule has 1 aromatic heterocycles. The topological polar surface area (TPSA) is 63.9 Å². The van der Waals surface area contributed by atoms with Crippen molar-refractivity contribution in [1.29, 1.82) is 0 Å². The third kappa shape index (κ3) is 6.76. The first-order valence-corrected chi connectivity index (χ1v) is 6.23. The summed E-state index contributed by atoms with van der Waals surface area (Å²) in [6.45, 7) is 3.99. The fourth-order valence-electron chi connectivity index (χ4n) is 1.48. The molecule has 0 bridgehead atoms. The van der Waals surface area contributed by atoms with Crippen LogP contribution in [-0.4, -0.2) is 44.1 Å². The van der Waals surface area contributed by atoms with Crippen LogP contribution in [0, 0.1) is 0 Å². The molecule has 0 aliphatic heterocycles. The molecule has 2 N–H and O–H groups in total. The molecule has 5 nitrogen and oxygen atoms in total. The molecule has 0 spiro atoms. The first kappa shape index (κ1) is 15.2. The highest BCUT2D eigenvalue weighted by atomic mass is 16.5. The monoisotopic (exact) mass is 257 g/mol. The van der Waals surface area contributed by atoms with Gasteiger partial charge in [-0.3, -0.25) is 0 Å². The quantitative estimate of drug-likeness (QED) is 0.659. The fraction of sp³-hybridized carbons (Fsp3) is 0.692. The van der Waals surface area contributed by atoms with Crippen molar-refractivity contribution in [3.63, 3.8) is 0 Å². The van der Waals surface area contributed by atoms with Crippen molar-refractivity contribution in [3.8, 4) is 0 Å². The van der Waals surface area contributed by atoms with Crippen LogP contribution in [0.3, 0.4) is 0 Å². The van der Waals surface area contributed by atoms with Gasteiger partial charge in [-0.15, -0.1) is 0 Å². The number of methoxy groups -OCH3 is 1. The lowest BCUT2D eigenvalue weighted by molar-refractivity contribution is 0.0213. The molecule has 1 aromatic rings. The van der Waals surface area contributed by atoms with Crippen LogP contribution in [0.15, 0.2) is 22.8 Å². The largest absolute Gasteiger partial charge is 0.467 e. The predicted octanol–water partition coefficient (Wildman–Crippen LogP) is 1.17. The Hall–Kier alpha value is -0.880. The van der Waals surface area contributed by atoms with Crippen LogP contribution in [-0.2, 0) is 16.1 Å². The number of rotatable bonds is 10. The number of aliphatic hydroxyl groups is 1. The van der Waals surface area contributed by atoms with E-state index in [0.717, 1.165) is 18.8 Å². The van der Waals surface area contributed by atoms with Crippen molar-refractivity contribution < 1.29 is 19.0 Å². The number of hydrogen-bond acceptors (Lipinski definition) is 5. The molecule has 0 saturated carbocycles. The van der Waals surface area contributed by atoms with Gasteiger partial charge in [0.25, 0.3) is 0 Å². The predicted molar refractivity (Wildman–Crippen MR) is 68.3 cm³/mol. The highest BCUT2D eigenvalue weighted by Gasteiger charge is 2.07. The first-order chi connectivity index (χ1) is 8.72. The third-order valence-corrected chi connectivity index (χ3v) is 2.59. The zero-order chi connectivity index (χ0) is 13.2. The SMILES string of the molecule is COCCC(C)NCC(O)COCc1ccco1. The first-order valence-electron chi connectivity index (χ1n) is 6.23. The third-order valence-electron chi connectivity index (χ3n) is 2.59. The summed E-state index contributed by atoms with van der Waals surface area (Å²) in [5, 5.41) is 12.9. The van der Waals surface area contributed by atoms with Crippen molar-refractivity contribution in [2.75, 3.05) is 26.9 Å². The van der Waals surface area contributed by atoms with Crippen molar-refractivity contribution in [2.45, 2.75) is 32.1 Å². The average molecular weight is 257 g/mol. The Morgan fingerprint density at radius 1 is 1.50 bits per heavy atom. The summed E-state index contributed by atoms with van der Waals surface area (Å²) in [7, 11) is 1.68. The van der Waals surface area contributed by atoms with E-state index >= 15 is 0 Å². The van der Waals surface area contributed by atoms with Gasteiger partial charge in [-0.1, -0.05) is 0 Å². The summed E-state index contributed by atoms with van der Waals surface area (Å²) < 4.78 is 15.5. The van der Waals surface area contributed by atoms with Gasteiger partial charge in [0, 0.05) is 26.3 Å². The fourth-order valence-corrected chi connectivity index (χ4v) is 1.48. The van der Waals surface area contributed by atoms with Crippen LogP contribution in [0.1, 0.15) is 19.1 Å². The van der Waals surface area contributed by atoms with E-state index in [9.17, 15) is 5.11 Å². The van der Waals surface area contributed by atoms with E-state index in [-0.39, 0.29) is 0 Å². The van der Waals surface area contributed by atoms with Crippen molar-refractivity contribution in [2.24, 2.45) is 0 Å². The minimum Gasteiger partial charge on any atom is -0.467 e. The van der Waals surface area contributed by atoms with E-state index in [4.69, 9.17) is 13.9 Å². The smallest absolute Gasteiger partial charge is 0.129 e. The van der Waals surface area contributed by atoms with Gasteiger partial charge >= 0.3 is 0 Å². The maximum absolute atomic E-state index is 9.70. The molecule has 2 atom stereocenters. The molecule has 0 radical (unpaired) electrons. The Morgan fingerprint density at radius 3 is 3.00 bits per heavy atom. The molecule has 18 heavy (non-hydrogen) atoms. The van der Waals surface area contributed by atoms with Crippen LogP contribution in [0.2, 0.25) is 0 Å². The van der Waals surface area contributed by atoms with Crippen LogP contribution in [0.5, 0.6) is 0 Å². The zero-order valence-electron chi connectivity index (χ0n) is 11.1. The second kappa shape index (κ2) is 9.10. The number of hydrogen-bond donors (Lipinski definition) is 2. The average Bonchev–Trinajstić information content (AvgIpc) is 2.87. The summed E-state index contributed by atoms with van der Waals surface area (Å²) in [4.78, 5) is 0. The van der Waals surface area contributed by atoms with E-state index in [1.807, 2.05) is 12.1 Å². The van der Waals surface area contributed by atoms with E-state index in [2.05, 4.69) is 12.2 Å². The van der Waals surface area contributed by atoms with Gasteiger partial charge in [0.1, 0.15) is 12.4 Å². The Balaban J connectivity index is 2.01. The molecule has 104 valence electrons. The van der Waals surface area contributed by atoms with Crippen LogP contribution in [0.4, 0.5) is 0 Å². The highest BCUT2D eigenvalue weighted by Crippen LogP contribution is 2.02. The lowest BCUT2D eigenvalue weighted by Crippen LogP contribution is -2.36. The van der Waals surface area contributed by atoms with Crippen molar-refractivity contribution in [3.05, 3.63) is 24.2 Å². The normalized spacial score (nSPS) is 14.6.